The average molecular weight is 496 g/mol. The summed E-state index contributed by atoms with van der Waals surface area (Å²) in [5.41, 5.74) is 3.27. The van der Waals surface area contributed by atoms with Crippen molar-refractivity contribution in [1.82, 2.24) is 24.3 Å². The number of piperidine rings is 1. The largest absolute Gasteiger partial charge is 0.340 e. The van der Waals surface area contributed by atoms with Gasteiger partial charge in [-0.3, -0.25) is 14.3 Å². The Bertz CT molecular complexity index is 1080. The van der Waals surface area contributed by atoms with Crippen LogP contribution in [0.5, 0.6) is 0 Å². The van der Waals surface area contributed by atoms with Crippen LogP contribution in [0.2, 0.25) is 0 Å². The molecule has 5 rings (SSSR count). The third-order valence-corrected chi connectivity index (χ3v) is 7.36. The topological polar surface area (TPSA) is 44.6 Å². The van der Waals surface area contributed by atoms with E-state index in [1.54, 1.807) is 0 Å². The fourth-order valence-corrected chi connectivity index (χ4v) is 5.15. The van der Waals surface area contributed by atoms with Gasteiger partial charge in [-0.05, 0) is 69.4 Å². The van der Waals surface area contributed by atoms with Crippen molar-refractivity contribution in [3.8, 4) is 5.69 Å². The lowest BCUT2D eigenvalue weighted by Gasteiger charge is -2.37. The highest BCUT2D eigenvalue weighted by Gasteiger charge is 2.30. The number of rotatable bonds is 4. The summed E-state index contributed by atoms with van der Waals surface area (Å²) < 4.78 is 3.34. The molecule has 1 aromatic heterocycles. The van der Waals surface area contributed by atoms with Crippen molar-refractivity contribution in [2.45, 2.75) is 19.4 Å². The molecule has 0 atom stereocenters. The Kier molecular flexibility index (Phi) is 6.31. The summed E-state index contributed by atoms with van der Waals surface area (Å²) in [7, 11) is 2.13. The van der Waals surface area contributed by atoms with E-state index in [0.717, 1.165) is 85.7 Å². The molecule has 2 saturated heterocycles. The zero-order valence-corrected chi connectivity index (χ0v) is 20.2. The number of hydrogen-bond donors (Lipinski definition) is 0. The van der Waals surface area contributed by atoms with E-state index in [-0.39, 0.29) is 5.92 Å². The number of aromatic nitrogens is 2. The molecule has 168 valence electrons. The Morgan fingerprint density at radius 3 is 2.38 bits per heavy atom. The first kappa shape index (κ1) is 21.6. The zero-order chi connectivity index (χ0) is 22.1. The molecule has 2 aliphatic heterocycles. The predicted octanol–water partition coefficient (Wildman–Crippen LogP) is 3.77. The van der Waals surface area contributed by atoms with E-state index in [4.69, 9.17) is 4.98 Å². The third kappa shape index (κ3) is 4.47. The zero-order valence-electron chi connectivity index (χ0n) is 18.6. The highest BCUT2D eigenvalue weighted by Crippen LogP contribution is 2.26. The number of likely N-dealkylation sites (tertiary alicyclic amines) is 1. The minimum Gasteiger partial charge on any atom is -0.340 e. The van der Waals surface area contributed by atoms with Gasteiger partial charge in [0.25, 0.3) is 0 Å². The summed E-state index contributed by atoms with van der Waals surface area (Å²) >= 11 is 3.54. The van der Waals surface area contributed by atoms with E-state index in [1.165, 1.54) is 0 Å². The number of hydrogen-bond acceptors (Lipinski definition) is 4. The molecule has 32 heavy (non-hydrogen) atoms. The second-order valence-electron chi connectivity index (χ2n) is 9.01. The Labute approximate surface area is 197 Å². The predicted molar refractivity (Wildman–Crippen MR) is 131 cm³/mol. The molecule has 7 heteroatoms. The fraction of sp³-hybridized carbons (Fsp3) is 0.440. The van der Waals surface area contributed by atoms with Gasteiger partial charge in [0, 0.05) is 42.3 Å². The Hall–Kier alpha value is -2.22. The number of fused-ring (bicyclic) bond motifs is 1. The molecule has 6 nitrogen and oxygen atoms in total. The smallest absolute Gasteiger partial charge is 0.225 e. The number of likely N-dealkylation sites (N-methyl/N-ethyl adjacent to an activating group) is 1. The number of nitrogens with zero attached hydrogens (tertiary/aromatic N) is 5. The number of amides is 1. The summed E-state index contributed by atoms with van der Waals surface area (Å²) in [6, 6.07) is 16.7. The maximum atomic E-state index is 13.0. The van der Waals surface area contributed by atoms with Gasteiger partial charge in [-0.1, -0.05) is 28.1 Å². The van der Waals surface area contributed by atoms with Crippen LogP contribution in [0.3, 0.4) is 0 Å². The maximum Gasteiger partial charge on any atom is 0.225 e. The molecule has 2 fully saturated rings. The van der Waals surface area contributed by atoms with Crippen LogP contribution in [-0.4, -0.2) is 76.5 Å². The highest BCUT2D eigenvalue weighted by atomic mass is 79.9. The Morgan fingerprint density at radius 2 is 1.66 bits per heavy atom. The summed E-state index contributed by atoms with van der Waals surface area (Å²) in [6.07, 6.45) is 1.87. The Morgan fingerprint density at radius 1 is 0.969 bits per heavy atom. The number of imidazole rings is 1. The molecule has 0 spiro atoms. The molecule has 0 N–H and O–H groups in total. The van der Waals surface area contributed by atoms with Crippen molar-refractivity contribution < 1.29 is 4.79 Å². The van der Waals surface area contributed by atoms with Gasteiger partial charge >= 0.3 is 0 Å². The first-order valence-electron chi connectivity index (χ1n) is 11.5. The second kappa shape index (κ2) is 9.33. The summed E-state index contributed by atoms with van der Waals surface area (Å²) in [5, 5.41) is 0. The standard InChI is InChI=1S/C25H30BrN5O/c1-28-14-16-30(17-15-28)25(32)19-10-12-29(13-11-19)18-24-27-22-4-2-3-5-23(22)31(24)21-8-6-20(26)7-9-21/h2-9,19H,10-18H2,1H3. The average Bonchev–Trinajstić information content (AvgIpc) is 3.18. The minimum absolute atomic E-state index is 0.167. The van der Waals surface area contributed by atoms with Gasteiger partial charge in [0.1, 0.15) is 5.82 Å². The fourth-order valence-electron chi connectivity index (χ4n) is 4.88. The van der Waals surface area contributed by atoms with Crippen molar-refractivity contribution in [3.05, 3.63) is 58.8 Å². The minimum atomic E-state index is 0.167. The van der Waals surface area contributed by atoms with E-state index in [1.807, 2.05) is 6.07 Å². The number of para-hydroxylation sites is 2. The number of piperazine rings is 1. The van der Waals surface area contributed by atoms with Crippen LogP contribution >= 0.6 is 15.9 Å². The molecule has 2 aromatic carbocycles. The second-order valence-corrected chi connectivity index (χ2v) is 9.92. The lowest BCUT2D eigenvalue weighted by Crippen LogP contribution is -2.50. The summed E-state index contributed by atoms with van der Waals surface area (Å²) in [5.74, 6) is 1.58. The molecule has 0 bridgehead atoms. The van der Waals surface area contributed by atoms with E-state index < -0.39 is 0 Å². The van der Waals surface area contributed by atoms with Crippen molar-refractivity contribution in [1.29, 1.82) is 0 Å². The van der Waals surface area contributed by atoms with Gasteiger partial charge < -0.3 is 9.80 Å². The van der Waals surface area contributed by atoms with Gasteiger partial charge in [0.05, 0.1) is 17.6 Å². The molecule has 2 aliphatic rings. The molecule has 0 saturated carbocycles. The Balaban J connectivity index is 1.29. The lowest BCUT2D eigenvalue weighted by atomic mass is 9.95. The number of carbonyl (C=O) groups is 1. The van der Waals surface area contributed by atoms with E-state index in [9.17, 15) is 4.79 Å². The first-order valence-corrected chi connectivity index (χ1v) is 12.3. The monoisotopic (exact) mass is 495 g/mol. The normalized spacial score (nSPS) is 19.0. The third-order valence-electron chi connectivity index (χ3n) is 6.83. The molecule has 1 amide bonds. The van der Waals surface area contributed by atoms with Crippen molar-refractivity contribution in [3.63, 3.8) is 0 Å². The van der Waals surface area contributed by atoms with Crippen molar-refractivity contribution in [2.75, 3.05) is 46.3 Å². The maximum absolute atomic E-state index is 13.0. The molecular weight excluding hydrogens is 466 g/mol. The van der Waals surface area contributed by atoms with Gasteiger partial charge in [-0.2, -0.15) is 0 Å². The van der Waals surface area contributed by atoms with Crippen LogP contribution < -0.4 is 0 Å². The number of carbonyl (C=O) groups excluding carboxylic acids is 1. The van der Waals surface area contributed by atoms with Crippen LogP contribution in [0.15, 0.2) is 53.0 Å². The lowest BCUT2D eigenvalue weighted by molar-refractivity contribution is -0.138. The van der Waals surface area contributed by atoms with Crippen LogP contribution in [0.1, 0.15) is 18.7 Å². The quantitative estimate of drug-likeness (QED) is 0.552. The molecule has 3 heterocycles. The molecule has 0 aliphatic carbocycles. The van der Waals surface area contributed by atoms with Crippen molar-refractivity contribution >= 4 is 32.9 Å². The van der Waals surface area contributed by atoms with E-state index >= 15 is 0 Å². The molecule has 0 radical (unpaired) electrons. The first-order chi connectivity index (χ1) is 15.6. The van der Waals surface area contributed by atoms with Crippen molar-refractivity contribution in [2.24, 2.45) is 5.92 Å². The summed E-state index contributed by atoms with van der Waals surface area (Å²) in [6.45, 7) is 6.37. The number of benzene rings is 2. The molecular formula is C25H30BrN5O. The van der Waals surface area contributed by atoms with Gasteiger partial charge in [-0.15, -0.1) is 0 Å². The van der Waals surface area contributed by atoms with Crippen LogP contribution in [-0.2, 0) is 11.3 Å². The molecule has 3 aromatic rings. The van der Waals surface area contributed by atoms with Crippen LogP contribution in [0.4, 0.5) is 0 Å². The molecule has 0 unspecified atom stereocenters. The van der Waals surface area contributed by atoms with Crippen LogP contribution in [0.25, 0.3) is 16.7 Å². The van der Waals surface area contributed by atoms with Gasteiger partial charge in [0.15, 0.2) is 0 Å². The highest BCUT2D eigenvalue weighted by molar-refractivity contribution is 9.10. The SMILES string of the molecule is CN1CCN(C(=O)C2CCN(Cc3nc4ccccc4n3-c3ccc(Br)cc3)CC2)CC1. The van der Waals surface area contributed by atoms with E-state index in [0.29, 0.717) is 5.91 Å². The van der Waals surface area contributed by atoms with Crippen LogP contribution in [0, 0.1) is 5.92 Å². The number of halogens is 1. The van der Waals surface area contributed by atoms with Gasteiger partial charge in [-0.25, -0.2) is 4.98 Å². The van der Waals surface area contributed by atoms with Gasteiger partial charge in [0.2, 0.25) is 5.91 Å². The van der Waals surface area contributed by atoms with E-state index in [2.05, 4.69) is 84.7 Å². The summed E-state index contributed by atoms with van der Waals surface area (Å²) in [4.78, 5) is 24.8.